The van der Waals surface area contributed by atoms with Crippen molar-refractivity contribution in [2.45, 2.75) is 19.3 Å². The maximum atomic E-state index is 11.8. The lowest BCUT2D eigenvalue weighted by Crippen LogP contribution is -2.47. The zero-order chi connectivity index (χ0) is 13.0. The van der Waals surface area contributed by atoms with Crippen molar-refractivity contribution in [1.82, 2.24) is 10.2 Å². The normalized spacial score (nSPS) is 28.1. The molecule has 2 unspecified atom stereocenters. The number of rotatable bonds is 3. The lowest BCUT2D eigenvalue weighted by atomic mass is 9.96. The highest BCUT2D eigenvalue weighted by atomic mass is 16.5. The van der Waals surface area contributed by atoms with E-state index in [-0.39, 0.29) is 17.9 Å². The van der Waals surface area contributed by atoms with E-state index in [1.54, 1.807) is 4.90 Å². The summed E-state index contributed by atoms with van der Waals surface area (Å²) in [6.45, 7) is 2.84. The molecule has 6 heteroatoms. The van der Waals surface area contributed by atoms with Crippen molar-refractivity contribution in [1.29, 1.82) is 0 Å². The molecule has 2 atom stereocenters. The van der Waals surface area contributed by atoms with Crippen molar-refractivity contribution < 1.29 is 19.4 Å². The molecular weight excluding hydrogens is 236 g/mol. The van der Waals surface area contributed by atoms with Crippen molar-refractivity contribution >= 4 is 12.0 Å². The number of nitrogens with zero attached hydrogens (tertiary/aromatic N) is 1. The van der Waals surface area contributed by atoms with Crippen LogP contribution in [-0.4, -0.2) is 54.9 Å². The van der Waals surface area contributed by atoms with Gasteiger partial charge in [-0.25, -0.2) is 4.79 Å². The molecule has 1 aliphatic heterocycles. The molecule has 2 rings (SSSR count). The van der Waals surface area contributed by atoms with Gasteiger partial charge in [0, 0.05) is 19.6 Å². The van der Waals surface area contributed by atoms with Crippen molar-refractivity contribution in [3.05, 3.63) is 0 Å². The number of morpholine rings is 1. The number of carbonyl (C=O) groups is 2. The molecule has 2 aliphatic rings. The van der Waals surface area contributed by atoms with Crippen LogP contribution in [0.15, 0.2) is 0 Å². The molecule has 2 N–H and O–H groups in total. The van der Waals surface area contributed by atoms with Gasteiger partial charge < -0.3 is 20.1 Å². The van der Waals surface area contributed by atoms with Crippen LogP contribution in [0.3, 0.4) is 0 Å². The Morgan fingerprint density at radius 1 is 1.28 bits per heavy atom. The lowest BCUT2D eigenvalue weighted by Gasteiger charge is -2.27. The Hall–Kier alpha value is -1.30. The molecule has 0 radical (unpaired) electrons. The van der Waals surface area contributed by atoms with Crippen molar-refractivity contribution in [2.24, 2.45) is 11.8 Å². The van der Waals surface area contributed by atoms with Gasteiger partial charge in [0.1, 0.15) is 0 Å². The first-order valence-electron chi connectivity index (χ1n) is 6.52. The molecule has 0 aromatic carbocycles. The molecule has 2 fully saturated rings. The van der Waals surface area contributed by atoms with Crippen LogP contribution in [0, 0.1) is 11.8 Å². The summed E-state index contributed by atoms with van der Waals surface area (Å²) in [5.41, 5.74) is 0. The Bertz CT molecular complexity index is 315. The van der Waals surface area contributed by atoms with Gasteiger partial charge in [-0.15, -0.1) is 0 Å². The van der Waals surface area contributed by atoms with Crippen LogP contribution < -0.4 is 5.32 Å². The number of hydrogen-bond acceptors (Lipinski definition) is 3. The molecule has 0 aromatic rings. The molecule has 0 bridgehead atoms. The maximum Gasteiger partial charge on any atom is 0.317 e. The summed E-state index contributed by atoms with van der Waals surface area (Å²) in [6.07, 6.45) is 2.56. The number of carboxylic acid groups (broad SMARTS) is 1. The van der Waals surface area contributed by atoms with Gasteiger partial charge in [0.2, 0.25) is 0 Å². The molecule has 102 valence electrons. The van der Waals surface area contributed by atoms with Crippen molar-refractivity contribution in [3.8, 4) is 0 Å². The highest BCUT2D eigenvalue weighted by Crippen LogP contribution is 2.31. The third kappa shape index (κ3) is 3.13. The van der Waals surface area contributed by atoms with Gasteiger partial charge in [0.15, 0.2) is 0 Å². The van der Waals surface area contributed by atoms with E-state index in [1.807, 2.05) is 0 Å². The van der Waals surface area contributed by atoms with E-state index in [9.17, 15) is 9.59 Å². The highest BCUT2D eigenvalue weighted by Gasteiger charge is 2.33. The van der Waals surface area contributed by atoms with Crippen LogP contribution in [0.25, 0.3) is 0 Å². The van der Waals surface area contributed by atoms with Gasteiger partial charge in [-0.05, 0) is 18.8 Å². The second kappa shape index (κ2) is 6.04. The maximum absolute atomic E-state index is 11.8. The summed E-state index contributed by atoms with van der Waals surface area (Å²) in [5, 5.41) is 11.9. The molecule has 0 spiro atoms. The SMILES string of the molecule is O=C(O)C1CCCC1CNC(=O)N1CCOCC1. The summed E-state index contributed by atoms with van der Waals surface area (Å²) in [4.78, 5) is 24.6. The Morgan fingerprint density at radius 3 is 2.67 bits per heavy atom. The number of amides is 2. The summed E-state index contributed by atoms with van der Waals surface area (Å²) >= 11 is 0. The molecule has 1 aliphatic carbocycles. The molecule has 1 saturated carbocycles. The first-order chi connectivity index (χ1) is 8.68. The molecule has 2 amide bonds. The Morgan fingerprint density at radius 2 is 2.00 bits per heavy atom. The second-order valence-electron chi connectivity index (χ2n) is 4.92. The van der Waals surface area contributed by atoms with Crippen LogP contribution in [0.5, 0.6) is 0 Å². The number of carboxylic acids is 1. The van der Waals surface area contributed by atoms with Gasteiger partial charge in [0.05, 0.1) is 19.1 Å². The first-order valence-corrected chi connectivity index (χ1v) is 6.52. The van der Waals surface area contributed by atoms with Crippen LogP contribution in [-0.2, 0) is 9.53 Å². The van der Waals surface area contributed by atoms with E-state index >= 15 is 0 Å². The van der Waals surface area contributed by atoms with Gasteiger partial charge in [0.25, 0.3) is 0 Å². The Labute approximate surface area is 106 Å². The van der Waals surface area contributed by atoms with E-state index in [1.165, 1.54) is 0 Å². The zero-order valence-corrected chi connectivity index (χ0v) is 10.4. The van der Waals surface area contributed by atoms with Crippen LogP contribution in [0.1, 0.15) is 19.3 Å². The molecule has 0 aromatic heterocycles. The zero-order valence-electron chi connectivity index (χ0n) is 10.4. The van der Waals surface area contributed by atoms with Crippen molar-refractivity contribution in [2.75, 3.05) is 32.8 Å². The molecule has 1 heterocycles. The van der Waals surface area contributed by atoms with Crippen molar-refractivity contribution in [3.63, 3.8) is 0 Å². The Balaban J connectivity index is 1.76. The largest absolute Gasteiger partial charge is 0.481 e. The third-order valence-corrected chi connectivity index (χ3v) is 3.79. The quantitative estimate of drug-likeness (QED) is 0.772. The van der Waals surface area contributed by atoms with E-state index < -0.39 is 5.97 Å². The average Bonchev–Trinajstić information content (AvgIpc) is 2.85. The minimum Gasteiger partial charge on any atom is -0.481 e. The smallest absolute Gasteiger partial charge is 0.317 e. The van der Waals surface area contributed by atoms with Crippen LogP contribution >= 0.6 is 0 Å². The standard InChI is InChI=1S/C12H20N2O4/c15-11(16)10-3-1-2-9(10)8-13-12(17)14-4-6-18-7-5-14/h9-10H,1-8H2,(H,13,17)(H,15,16). The average molecular weight is 256 g/mol. The summed E-state index contributed by atoms with van der Waals surface area (Å²) in [5.74, 6) is -0.958. The summed E-state index contributed by atoms with van der Waals surface area (Å²) < 4.78 is 5.18. The van der Waals surface area contributed by atoms with Crippen LogP contribution in [0.2, 0.25) is 0 Å². The molecule has 6 nitrogen and oxygen atoms in total. The van der Waals surface area contributed by atoms with Gasteiger partial charge in [-0.2, -0.15) is 0 Å². The summed E-state index contributed by atoms with van der Waals surface area (Å²) in [6, 6.07) is -0.102. The predicted molar refractivity (Wildman–Crippen MR) is 64.3 cm³/mol. The minimum absolute atomic E-state index is 0.0764. The van der Waals surface area contributed by atoms with Crippen LogP contribution in [0.4, 0.5) is 4.79 Å². The molecule has 18 heavy (non-hydrogen) atoms. The number of aliphatic carboxylic acids is 1. The number of nitrogens with one attached hydrogen (secondary N) is 1. The molecule has 1 saturated heterocycles. The van der Waals surface area contributed by atoms with E-state index in [2.05, 4.69) is 5.32 Å². The number of hydrogen-bond donors (Lipinski definition) is 2. The topological polar surface area (TPSA) is 78.9 Å². The van der Waals surface area contributed by atoms with E-state index in [0.717, 1.165) is 19.3 Å². The number of urea groups is 1. The summed E-state index contributed by atoms with van der Waals surface area (Å²) in [7, 11) is 0. The molecular formula is C12H20N2O4. The minimum atomic E-state index is -0.738. The first kappa shape index (κ1) is 13.1. The third-order valence-electron chi connectivity index (χ3n) is 3.79. The lowest BCUT2D eigenvalue weighted by molar-refractivity contribution is -0.142. The highest BCUT2D eigenvalue weighted by molar-refractivity contribution is 5.74. The fourth-order valence-corrected chi connectivity index (χ4v) is 2.70. The van der Waals surface area contributed by atoms with Gasteiger partial charge in [-0.3, -0.25) is 4.79 Å². The van der Waals surface area contributed by atoms with E-state index in [0.29, 0.717) is 32.8 Å². The van der Waals surface area contributed by atoms with Gasteiger partial charge in [-0.1, -0.05) is 6.42 Å². The fraction of sp³-hybridized carbons (Fsp3) is 0.833. The monoisotopic (exact) mass is 256 g/mol. The number of carbonyl (C=O) groups excluding carboxylic acids is 1. The fourth-order valence-electron chi connectivity index (χ4n) is 2.70. The second-order valence-corrected chi connectivity index (χ2v) is 4.92. The van der Waals surface area contributed by atoms with E-state index in [4.69, 9.17) is 9.84 Å². The Kier molecular flexibility index (Phi) is 4.41. The number of ether oxygens (including phenoxy) is 1. The predicted octanol–water partition coefficient (Wildman–Crippen LogP) is 0.529. The van der Waals surface area contributed by atoms with Gasteiger partial charge >= 0.3 is 12.0 Å².